The van der Waals surface area contributed by atoms with Gasteiger partial charge in [0.05, 0.1) is 20.8 Å². The van der Waals surface area contributed by atoms with E-state index in [1.165, 1.54) is 22.5 Å². The van der Waals surface area contributed by atoms with E-state index in [2.05, 4.69) is 31.0 Å². The normalized spacial score (nSPS) is 12.1. The van der Waals surface area contributed by atoms with Crippen LogP contribution in [0, 0.1) is 13.8 Å². The highest BCUT2D eigenvalue weighted by molar-refractivity contribution is 7.16. The Kier molecular flexibility index (Phi) is 3.89. The summed E-state index contributed by atoms with van der Waals surface area (Å²) in [6, 6.07) is 11.2. The number of hydrogen-bond acceptors (Lipinski definition) is 2. The van der Waals surface area contributed by atoms with Gasteiger partial charge in [0.15, 0.2) is 4.80 Å². The highest BCUT2D eigenvalue weighted by atomic mass is 35.5. The van der Waals surface area contributed by atoms with Gasteiger partial charge < -0.3 is 4.57 Å². The van der Waals surface area contributed by atoms with Crippen LogP contribution in [0.15, 0.2) is 41.4 Å². The van der Waals surface area contributed by atoms with Crippen molar-refractivity contribution in [2.24, 2.45) is 12.0 Å². The summed E-state index contributed by atoms with van der Waals surface area (Å²) in [6.45, 7) is 4.14. The van der Waals surface area contributed by atoms with Crippen molar-refractivity contribution in [3.05, 3.63) is 62.9 Å². The molecule has 1 heterocycles. The second kappa shape index (κ2) is 5.71. The number of aromatic nitrogens is 1. The first-order valence-corrected chi connectivity index (χ1v) is 8.07. The van der Waals surface area contributed by atoms with Crippen LogP contribution >= 0.6 is 22.9 Å². The predicted octanol–water partition coefficient (Wildman–Crippen LogP) is 4.25. The molecule has 0 unspecified atom stereocenters. The molecule has 5 heteroatoms. The van der Waals surface area contributed by atoms with Gasteiger partial charge in [-0.1, -0.05) is 41.1 Å². The van der Waals surface area contributed by atoms with Crippen LogP contribution in [-0.4, -0.2) is 10.5 Å². The Bertz CT molecular complexity index is 953. The minimum atomic E-state index is -0.317. The quantitative estimate of drug-likeness (QED) is 0.656. The van der Waals surface area contributed by atoms with Gasteiger partial charge in [0.1, 0.15) is 0 Å². The molecule has 0 atom stereocenters. The molecule has 0 fully saturated rings. The van der Waals surface area contributed by atoms with Crippen molar-refractivity contribution in [2.45, 2.75) is 13.8 Å². The van der Waals surface area contributed by atoms with Crippen molar-refractivity contribution in [3.8, 4) is 0 Å². The second-order valence-corrected chi connectivity index (χ2v) is 6.69. The van der Waals surface area contributed by atoms with E-state index < -0.39 is 0 Å². The Hall–Kier alpha value is -1.91. The smallest absolute Gasteiger partial charge is 0.281 e. The molecule has 0 aliphatic rings. The first kappa shape index (κ1) is 15.0. The monoisotopic (exact) mass is 330 g/mol. The maximum Gasteiger partial charge on any atom is 0.281 e. The molecule has 0 N–H and O–H groups in total. The van der Waals surface area contributed by atoms with Crippen LogP contribution in [0.2, 0.25) is 5.02 Å². The summed E-state index contributed by atoms with van der Waals surface area (Å²) >= 11 is 7.58. The minimum absolute atomic E-state index is 0.317. The zero-order chi connectivity index (χ0) is 15.9. The average molecular weight is 331 g/mol. The summed E-state index contributed by atoms with van der Waals surface area (Å²) < 4.78 is 3.09. The van der Waals surface area contributed by atoms with E-state index in [-0.39, 0.29) is 5.91 Å². The van der Waals surface area contributed by atoms with Crippen LogP contribution in [0.3, 0.4) is 0 Å². The molecule has 3 aromatic rings. The van der Waals surface area contributed by atoms with Gasteiger partial charge >= 0.3 is 0 Å². The summed E-state index contributed by atoms with van der Waals surface area (Å²) in [5.74, 6) is -0.317. The Labute approximate surface area is 137 Å². The first-order chi connectivity index (χ1) is 10.5. The Balaban J connectivity index is 2.18. The fraction of sp³-hybridized carbons (Fsp3) is 0.176. The van der Waals surface area contributed by atoms with E-state index >= 15 is 0 Å². The number of thiazole rings is 1. The van der Waals surface area contributed by atoms with E-state index in [0.29, 0.717) is 15.4 Å². The van der Waals surface area contributed by atoms with Gasteiger partial charge in [-0.3, -0.25) is 4.79 Å². The first-order valence-electron chi connectivity index (χ1n) is 6.88. The van der Waals surface area contributed by atoms with E-state index in [1.54, 1.807) is 24.3 Å². The number of nitrogens with zero attached hydrogens (tertiary/aromatic N) is 2. The van der Waals surface area contributed by atoms with Crippen LogP contribution in [0.1, 0.15) is 21.5 Å². The molecule has 0 radical (unpaired) electrons. The number of carbonyl (C=O) groups is 1. The highest BCUT2D eigenvalue weighted by Crippen LogP contribution is 2.22. The third-order valence-corrected chi connectivity index (χ3v) is 4.94. The van der Waals surface area contributed by atoms with Crippen molar-refractivity contribution >= 4 is 39.1 Å². The van der Waals surface area contributed by atoms with Crippen LogP contribution in [0.4, 0.5) is 0 Å². The third-order valence-electron chi connectivity index (χ3n) is 3.53. The van der Waals surface area contributed by atoms with Crippen LogP contribution in [0.25, 0.3) is 10.2 Å². The van der Waals surface area contributed by atoms with E-state index in [1.807, 2.05) is 11.6 Å². The lowest BCUT2D eigenvalue weighted by Crippen LogP contribution is -2.13. The molecule has 0 aliphatic carbocycles. The van der Waals surface area contributed by atoms with Crippen LogP contribution < -0.4 is 4.80 Å². The van der Waals surface area contributed by atoms with Gasteiger partial charge in [0.2, 0.25) is 0 Å². The summed E-state index contributed by atoms with van der Waals surface area (Å²) in [7, 11) is 1.93. The maximum absolute atomic E-state index is 12.4. The molecular weight excluding hydrogens is 316 g/mol. The summed E-state index contributed by atoms with van der Waals surface area (Å²) in [4.78, 5) is 17.3. The van der Waals surface area contributed by atoms with Crippen molar-refractivity contribution in [1.29, 1.82) is 0 Å². The number of amides is 1. The molecule has 0 saturated carbocycles. The minimum Gasteiger partial charge on any atom is -0.319 e. The van der Waals surface area contributed by atoms with Crippen molar-refractivity contribution in [2.75, 3.05) is 0 Å². The molecule has 0 saturated heterocycles. The lowest BCUT2D eigenvalue weighted by molar-refractivity contribution is 0.0998. The fourth-order valence-corrected chi connectivity index (χ4v) is 3.98. The topological polar surface area (TPSA) is 34.4 Å². The molecule has 1 amide bonds. The van der Waals surface area contributed by atoms with Gasteiger partial charge in [0, 0.05) is 7.05 Å². The summed E-state index contributed by atoms with van der Waals surface area (Å²) in [5, 5.41) is 0.423. The number of hydrogen-bond donors (Lipinski definition) is 0. The summed E-state index contributed by atoms with van der Waals surface area (Å²) in [5.41, 5.74) is 3.92. The van der Waals surface area contributed by atoms with Gasteiger partial charge in [-0.05, 0) is 43.2 Å². The van der Waals surface area contributed by atoms with Crippen molar-refractivity contribution < 1.29 is 4.79 Å². The molecule has 0 bridgehead atoms. The zero-order valence-corrected chi connectivity index (χ0v) is 14.1. The summed E-state index contributed by atoms with van der Waals surface area (Å²) in [6.07, 6.45) is 0. The lowest BCUT2D eigenvalue weighted by atomic mass is 10.1. The van der Waals surface area contributed by atoms with Crippen LogP contribution in [0.5, 0.6) is 0 Å². The van der Waals surface area contributed by atoms with E-state index in [9.17, 15) is 4.79 Å². The predicted molar refractivity (Wildman–Crippen MR) is 91.6 cm³/mol. The molecule has 112 valence electrons. The number of fused-ring (bicyclic) bond motifs is 1. The van der Waals surface area contributed by atoms with Gasteiger partial charge in [0.25, 0.3) is 5.91 Å². The number of carbonyl (C=O) groups excluding carboxylic acids is 1. The molecular formula is C17H15ClN2OS. The van der Waals surface area contributed by atoms with Gasteiger partial charge in [-0.15, -0.1) is 0 Å². The molecule has 2 aromatic carbocycles. The molecule has 3 nitrogen and oxygen atoms in total. The average Bonchev–Trinajstić information content (AvgIpc) is 2.75. The Morgan fingerprint density at radius 1 is 1.23 bits per heavy atom. The fourth-order valence-electron chi connectivity index (χ4n) is 2.57. The molecule has 0 spiro atoms. The number of halogens is 1. The Morgan fingerprint density at radius 3 is 2.68 bits per heavy atom. The molecule has 0 aliphatic heterocycles. The SMILES string of the molecule is Cc1cc(C)c2c(c1)sc(=NC(=O)c1ccccc1Cl)n2C. The highest BCUT2D eigenvalue weighted by Gasteiger charge is 2.11. The number of benzene rings is 2. The zero-order valence-electron chi connectivity index (χ0n) is 12.6. The third kappa shape index (κ3) is 2.60. The maximum atomic E-state index is 12.4. The molecule has 3 rings (SSSR count). The lowest BCUT2D eigenvalue weighted by Gasteiger charge is -2.01. The van der Waals surface area contributed by atoms with Gasteiger partial charge in [-0.2, -0.15) is 4.99 Å². The molecule has 22 heavy (non-hydrogen) atoms. The Morgan fingerprint density at radius 2 is 1.95 bits per heavy atom. The van der Waals surface area contributed by atoms with E-state index in [0.717, 1.165) is 10.2 Å². The van der Waals surface area contributed by atoms with Crippen LogP contribution in [-0.2, 0) is 7.05 Å². The number of rotatable bonds is 1. The largest absolute Gasteiger partial charge is 0.319 e. The van der Waals surface area contributed by atoms with Crippen molar-refractivity contribution in [3.63, 3.8) is 0 Å². The standard InChI is InChI=1S/C17H15ClN2OS/c1-10-8-11(2)15-14(9-10)22-17(20(15)3)19-16(21)12-6-4-5-7-13(12)18/h4-9H,1-3H3. The number of aryl methyl sites for hydroxylation is 3. The van der Waals surface area contributed by atoms with Crippen molar-refractivity contribution in [1.82, 2.24) is 4.57 Å². The second-order valence-electron chi connectivity index (χ2n) is 5.27. The molecule has 1 aromatic heterocycles. The van der Waals surface area contributed by atoms with Gasteiger partial charge in [-0.25, -0.2) is 0 Å². The van der Waals surface area contributed by atoms with E-state index in [4.69, 9.17) is 11.6 Å².